The third kappa shape index (κ3) is 2.68. The van der Waals surface area contributed by atoms with Crippen molar-refractivity contribution in [2.75, 3.05) is 0 Å². The number of aromatic nitrogens is 2. The van der Waals surface area contributed by atoms with E-state index in [0.29, 0.717) is 5.69 Å². The smallest absolute Gasteiger partial charge is 0.768 e. The second-order valence-corrected chi connectivity index (χ2v) is 2.90. The van der Waals surface area contributed by atoms with Gasteiger partial charge in [-0.05, 0) is 18.0 Å². The Kier molecular flexibility index (Phi) is 4.50. The van der Waals surface area contributed by atoms with Crippen molar-refractivity contribution in [3.8, 4) is 0 Å². The van der Waals surface area contributed by atoms with Gasteiger partial charge in [-0.3, -0.25) is 8.89 Å². The summed E-state index contributed by atoms with van der Waals surface area (Å²) in [6.45, 7) is 1.66. The van der Waals surface area contributed by atoms with Crippen molar-refractivity contribution in [2.45, 2.75) is 11.8 Å². The van der Waals surface area contributed by atoms with Gasteiger partial charge in [-0.25, -0.2) is 0 Å². The van der Waals surface area contributed by atoms with Gasteiger partial charge in [0.05, 0.1) is 10.6 Å². The summed E-state index contributed by atoms with van der Waals surface area (Å²) in [5.41, 5.74) is 0.538. The van der Waals surface area contributed by atoms with Gasteiger partial charge in [0.25, 0.3) is 0 Å². The van der Waals surface area contributed by atoms with Gasteiger partial charge in [0.1, 0.15) is 0 Å². The molecular formula is C5H7N2NaO2S. The van der Waals surface area contributed by atoms with E-state index in [1.807, 2.05) is 0 Å². The monoisotopic (exact) mass is 182 g/mol. The van der Waals surface area contributed by atoms with E-state index in [4.69, 9.17) is 0 Å². The Morgan fingerprint density at radius 2 is 2.27 bits per heavy atom. The Morgan fingerprint density at radius 3 is 2.45 bits per heavy atom. The minimum absolute atomic E-state index is 0. The van der Waals surface area contributed by atoms with Crippen LogP contribution in [-0.2, 0) is 18.1 Å². The fraction of sp³-hybridized carbons (Fsp3) is 0.400. The molecule has 0 spiro atoms. The molecule has 0 fully saturated rings. The first-order valence-corrected chi connectivity index (χ1v) is 3.78. The van der Waals surface area contributed by atoms with Crippen LogP contribution in [0.3, 0.4) is 0 Å². The Bertz CT molecular complexity index is 273. The molecule has 1 unspecified atom stereocenters. The van der Waals surface area contributed by atoms with Crippen LogP contribution in [0, 0.1) is 6.92 Å². The van der Waals surface area contributed by atoms with Crippen LogP contribution in [-0.4, -0.2) is 18.5 Å². The van der Waals surface area contributed by atoms with Gasteiger partial charge in [-0.2, -0.15) is 5.10 Å². The Hall–Kier alpha value is 0.320. The molecule has 1 atom stereocenters. The Balaban J connectivity index is 0.000001000. The normalized spacial score (nSPS) is 12.3. The fourth-order valence-electron chi connectivity index (χ4n) is 0.741. The average Bonchev–Trinajstić information content (AvgIpc) is 2.10. The number of nitrogens with zero attached hydrogens (tertiary/aromatic N) is 2. The SMILES string of the molecule is Cc1nn(C)cc1S(=O)[O-].[Na+]. The number of aryl methyl sites for hydroxylation is 2. The Labute approximate surface area is 89.6 Å². The average molecular weight is 182 g/mol. The third-order valence-electron chi connectivity index (χ3n) is 1.15. The quantitative estimate of drug-likeness (QED) is 0.343. The van der Waals surface area contributed by atoms with Crippen LogP contribution in [0.2, 0.25) is 0 Å². The first kappa shape index (κ1) is 11.3. The zero-order chi connectivity index (χ0) is 7.72. The van der Waals surface area contributed by atoms with Crippen LogP contribution in [0.1, 0.15) is 5.69 Å². The van der Waals surface area contributed by atoms with Crippen molar-refractivity contribution in [1.29, 1.82) is 0 Å². The molecule has 0 N–H and O–H groups in total. The second kappa shape index (κ2) is 4.37. The van der Waals surface area contributed by atoms with Crippen LogP contribution in [0.15, 0.2) is 11.1 Å². The number of hydrogen-bond acceptors (Lipinski definition) is 3. The maximum Gasteiger partial charge on any atom is 1.00 e. The summed E-state index contributed by atoms with van der Waals surface area (Å²) in [6, 6.07) is 0. The maximum atomic E-state index is 10.4. The van der Waals surface area contributed by atoms with E-state index in [9.17, 15) is 8.76 Å². The van der Waals surface area contributed by atoms with E-state index in [1.54, 1.807) is 14.0 Å². The number of rotatable bonds is 1. The van der Waals surface area contributed by atoms with Crippen molar-refractivity contribution in [3.05, 3.63) is 11.9 Å². The number of hydrogen-bond donors (Lipinski definition) is 0. The summed E-state index contributed by atoms with van der Waals surface area (Å²) >= 11 is -2.15. The van der Waals surface area contributed by atoms with Crippen molar-refractivity contribution in [1.82, 2.24) is 9.78 Å². The summed E-state index contributed by atoms with van der Waals surface area (Å²) < 4.78 is 22.2. The molecule has 0 aliphatic heterocycles. The predicted molar refractivity (Wildman–Crippen MR) is 35.1 cm³/mol. The molecule has 0 saturated carbocycles. The second-order valence-electron chi connectivity index (χ2n) is 1.99. The molecule has 1 aromatic rings. The molecule has 56 valence electrons. The minimum atomic E-state index is -2.15. The molecule has 0 amide bonds. The van der Waals surface area contributed by atoms with E-state index >= 15 is 0 Å². The van der Waals surface area contributed by atoms with Gasteiger partial charge < -0.3 is 4.55 Å². The maximum absolute atomic E-state index is 10.4. The molecule has 0 bridgehead atoms. The summed E-state index contributed by atoms with van der Waals surface area (Å²) in [6.07, 6.45) is 1.47. The summed E-state index contributed by atoms with van der Waals surface area (Å²) in [5.74, 6) is 0. The zero-order valence-electron chi connectivity index (χ0n) is 6.70. The molecule has 6 heteroatoms. The standard InChI is InChI=1S/C5H8N2O2S.Na/c1-4-5(10(8)9)3-7(2)6-4;/h3H,1-2H3,(H,8,9);/q;+1/p-1. The van der Waals surface area contributed by atoms with E-state index < -0.39 is 11.1 Å². The summed E-state index contributed by atoms with van der Waals surface area (Å²) in [4.78, 5) is 0.266. The van der Waals surface area contributed by atoms with Crippen LogP contribution in [0.5, 0.6) is 0 Å². The first-order valence-electron chi connectivity index (χ1n) is 2.71. The van der Waals surface area contributed by atoms with Gasteiger partial charge in [0, 0.05) is 13.2 Å². The van der Waals surface area contributed by atoms with Gasteiger partial charge >= 0.3 is 29.6 Å². The van der Waals surface area contributed by atoms with Crippen LogP contribution >= 0.6 is 0 Å². The molecule has 1 heterocycles. The molecule has 4 nitrogen and oxygen atoms in total. The molecule has 0 saturated heterocycles. The topological polar surface area (TPSA) is 58.0 Å². The van der Waals surface area contributed by atoms with Gasteiger partial charge in [0.15, 0.2) is 0 Å². The first-order chi connectivity index (χ1) is 4.61. The third-order valence-corrected chi connectivity index (χ3v) is 1.91. The fourth-order valence-corrected chi connectivity index (χ4v) is 1.26. The summed E-state index contributed by atoms with van der Waals surface area (Å²) in [7, 11) is 1.68. The largest absolute Gasteiger partial charge is 1.00 e. The predicted octanol–water partition coefficient (Wildman–Crippen LogP) is -3.03. The molecule has 1 rings (SSSR count). The van der Waals surface area contributed by atoms with Gasteiger partial charge in [-0.1, -0.05) is 0 Å². The van der Waals surface area contributed by atoms with E-state index in [1.165, 1.54) is 10.9 Å². The van der Waals surface area contributed by atoms with Crippen LogP contribution < -0.4 is 29.6 Å². The van der Waals surface area contributed by atoms with Gasteiger partial charge in [0.2, 0.25) is 0 Å². The van der Waals surface area contributed by atoms with E-state index in [0.717, 1.165) is 0 Å². The van der Waals surface area contributed by atoms with Gasteiger partial charge in [-0.15, -0.1) is 0 Å². The van der Waals surface area contributed by atoms with Crippen LogP contribution in [0.25, 0.3) is 0 Å². The molecule has 0 aromatic carbocycles. The van der Waals surface area contributed by atoms with Crippen molar-refractivity contribution in [2.24, 2.45) is 7.05 Å². The molecule has 0 aliphatic rings. The molecule has 1 aromatic heterocycles. The zero-order valence-corrected chi connectivity index (χ0v) is 9.51. The van der Waals surface area contributed by atoms with Crippen LogP contribution in [0.4, 0.5) is 0 Å². The molecule has 0 radical (unpaired) electrons. The Morgan fingerprint density at radius 1 is 1.73 bits per heavy atom. The summed E-state index contributed by atoms with van der Waals surface area (Å²) in [5, 5.41) is 3.86. The molecule has 11 heavy (non-hydrogen) atoms. The van der Waals surface area contributed by atoms with E-state index in [2.05, 4.69) is 5.10 Å². The molecule has 0 aliphatic carbocycles. The minimum Gasteiger partial charge on any atom is -0.768 e. The van der Waals surface area contributed by atoms with Crippen molar-refractivity contribution < 1.29 is 38.3 Å². The van der Waals surface area contributed by atoms with Crippen molar-refractivity contribution in [3.63, 3.8) is 0 Å². The van der Waals surface area contributed by atoms with E-state index in [-0.39, 0.29) is 34.5 Å². The van der Waals surface area contributed by atoms with Crippen molar-refractivity contribution >= 4 is 11.1 Å². The molecular weight excluding hydrogens is 175 g/mol.